The largest absolute Gasteiger partial charge is 0.342 e. The van der Waals surface area contributed by atoms with Crippen molar-refractivity contribution < 1.29 is 9.59 Å². The predicted molar refractivity (Wildman–Crippen MR) is 79.3 cm³/mol. The zero-order valence-corrected chi connectivity index (χ0v) is 13.2. The molecule has 0 saturated carbocycles. The summed E-state index contributed by atoms with van der Waals surface area (Å²) in [6.07, 6.45) is 4.53. The van der Waals surface area contributed by atoms with Crippen LogP contribution in [0, 0.1) is 5.92 Å². The fourth-order valence-electron chi connectivity index (χ4n) is 2.54. The van der Waals surface area contributed by atoms with E-state index in [9.17, 15) is 9.59 Å². The topological polar surface area (TPSA) is 67.2 Å². The summed E-state index contributed by atoms with van der Waals surface area (Å²) in [6, 6.07) is -0.859. The van der Waals surface area contributed by atoms with Gasteiger partial charge in [0.1, 0.15) is 12.1 Å². The van der Waals surface area contributed by atoms with Gasteiger partial charge in [0.05, 0.1) is 6.20 Å². The predicted octanol–water partition coefficient (Wildman–Crippen LogP) is 1.16. The number of nitrogens with one attached hydrogen (secondary N) is 1. The molecule has 1 aromatic rings. The normalized spacial score (nSPS) is 24.1. The Kier molecular flexibility index (Phi) is 4.65. The van der Waals surface area contributed by atoms with Crippen molar-refractivity contribution in [2.45, 2.75) is 59.3 Å². The molecule has 1 aromatic heterocycles. The number of rotatable bonds is 5. The molecule has 1 aliphatic heterocycles. The first-order valence-electron chi connectivity index (χ1n) is 7.60. The summed E-state index contributed by atoms with van der Waals surface area (Å²) in [6.45, 7) is 9.02. The highest BCUT2D eigenvalue weighted by Crippen LogP contribution is 2.19. The Hall–Kier alpha value is -1.85. The minimum absolute atomic E-state index is 0.000647. The molecular weight excluding hydrogens is 268 g/mol. The van der Waals surface area contributed by atoms with Gasteiger partial charge in [-0.2, -0.15) is 5.10 Å². The van der Waals surface area contributed by atoms with Gasteiger partial charge in [0, 0.05) is 24.8 Å². The molecule has 6 nitrogen and oxygen atoms in total. The van der Waals surface area contributed by atoms with E-state index in [1.54, 1.807) is 18.0 Å². The molecule has 1 aliphatic rings. The van der Waals surface area contributed by atoms with Crippen molar-refractivity contribution in [1.29, 1.82) is 0 Å². The Bertz CT molecular complexity index is 525. The van der Waals surface area contributed by atoms with E-state index in [0.29, 0.717) is 6.54 Å². The lowest BCUT2D eigenvalue weighted by atomic mass is 9.94. The summed E-state index contributed by atoms with van der Waals surface area (Å²) in [5.74, 6) is 0.0540. The first kappa shape index (κ1) is 15.5. The summed E-state index contributed by atoms with van der Waals surface area (Å²) in [5.41, 5.74) is 0.953. The number of hydrogen-bond acceptors (Lipinski definition) is 3. The van der Waals surface area contributed by atoms with Crippen molar-refractivity contribution in [2.75, 3.05) is 0 Å². The Morgan fingerprint density at radius 2 is 2.10 bits per heavy atom. The molecule has 3 atom stereocenters. The van der Waals surface area contributed by atoms with Crippen LogP contribution in [0.2, 0.25) is 0 Å². The number of piperazine rings is 1. The van der Waals surface area contributed by atoms with Crippen molar-refractivity contribution >= 4 is 11.8 Å². The second kappa shape index (κ2) is 6.28. The number of carbonyl (C=O) groups excluding carboxylic acids is 2. The average molecular weight is 292 g/mol. The molecule has 1 fully saturated rings. The van der Waals surface area contributed by atoms with Crippen LogP contribution >= 0.6 is 0 Å². The van der Waals surface area contributed by atoms with Gasteiger partial charge in [0.15, 0.2) is 0 Å². The van der Waals surface area contributed by atoms with E-state index >= 15 is 0 Å². The van der Waals surface area contributed by atoms with E-state index in [1.165, 1.54) is 0 Å². The highest BCUT2D eigenvalue weighted by molar-refractivity contribution is 5.96. The number of nitrogens with zero attached hydrogens (tertiary/aromatic N) is 3. The van der Waals surface area contributed by atoms with Gasteiger partial charge in [-0.15, -0.1) is 0 Å². The molecule has 2 heterocycles. The van der Waals surface area contributed by atoms with Crippen molar-refractivity contribution in [3.05, 3.63) is 18.0 Å². The van der Waals surface area contributed by atoms with Gasteiger partial charge in [-0.1, -0.05) is 20.3 Å². The van der Waals surface area contributed by atoms with Crippen LogP contribution in [-0.4, -0.2) is 38.6 Å². The molecular formula is C15H24N4O2. The van der Waals surface area contributed by atoms with Crippen molar-refractivity contribution in [1.82, 2.24) is 20.0 Å². The molecule has 6 heteroatoms. The minimum atomic E-state index is -0.442. The third-order valence-electron chi connectivity index (χ3n) is 4.27. The fourth-order valence-corrected chi connectivity index (χ4v) is 2.54. The summed E-state index contributed by atoms with van der Waals surface area (Å²) in [7, 11) is 0. The van der Waals surface area contributed by atoms with E-state index < -0.39 is 12.1 Å². The summed E-state index contributed by atoms with van der Waals surface area (Å²) in [5, 5.41) is 7.07. The third kappa shape index (κ3) is 3.09. The summed E-state index contributed by atoms with van der Waals surface area (Å²) >= 11 is 0. The SMILES string of the molecule is CCC(C)C1NC(=O)C(C)N(Cc2cnn(CC)c2)C1=O. The molecule has 2 rings (SSSR count). The number of hydrogen-bond donors (Lipinski definition) is 1. The maximum atomic E-state index is 12.6. The van der Waals surface area contributed by atoms with Crippen molar-refractivity contribution in [3.8, 4) is 0 Å². The molecule has 2 amide bonds. The Balaban J connectivity index is 2.18. The molecule has 1 N–H and O–H groups in total. The van der Waals surface area contributed by atoms with E-state index in [4.69, 9.17) is 0 Å². The van der Waals surface area contributed by atoms with Crippen LogP contribution in [0.1, 0.15) is 39.7 Å². The first-order valence-corrected chi connectivity index (χ1v) is 7.60. The average Bonchev–Trinajstić information content (AvgIpc) is 2.94. The lowest BCUT2D eigenvalue weighted by Gasteiger charge is -2.39. The van der Waals surface area contributed by atoms with Gasteiger partial charge in [-0.3, -0.25) is 14.3 Å². The minimum Gasteiger partial charge on any atom is -0.342 e. The molecule has 0 radical (unpaired) electrons. The van der Waals surface area contributed by atoms with Crippen LogP contribution in [0.25, 0.3) is 0 Å². The molecule has 3 unspecified atom stereocenters. The van der Waals surface area contributed by atoms with E-state index in [2.05, 4.69) is 10.4 Å². The molecule has 116 valence electrons. The van der Waals surface area contributed by atoms with Crippen LogP contribution in [-0.2, 0) is 22.7 Å². The molecule has 1 saturated heterocycles. The van der Waals surface area contributed by atoms with Gasteiger partial charge in [-0.25, -0.2) is 0 Å². The van der Waals surface area contributed by atoms with Gasteiger partial charge in [0.2, 0.25) is 11.8 Å². The lowest BCUT2D eigenvalue weighted by Crippen LogP contribution is -2.63. The van der Waals surface area contributed by atoms with Gasteiger partial charge in [0.25, 0.3) is 0 Å². The van der Waals surface area contributed by atoms with Gasteiger partial charge >= 0.3 is 0 Å². The molecule has 0 aliphatic carbocycles. The maximum Gasteiger partial charge on any atom is 0.246 e. The summed E-state index contributed by atoms with van der Waals surface area (Å²) in [4.78, 5) is 26.4. The van der Waals surface area contributed by atoms with Crippen LogP contribution in [0.3, 0.4) is 0 Å². The molecule has 0 aromatic carbocycles. The maximum absolute atomic E-state index is 12.6. The zero-order valence-electron chi connectivity index (χ0n) is 13.2. The lowest BCUT2D eigenvalue weighted by molar-refractivity contribution is -0.150. The van der Waals surface area contributed by atoms with Crippen LogP contribution in [0.4, 0.5) is 0 Å². The second-order valence-corrected chi connectivity index (χ2v) is 5.72. The van der Waals surface area contributed by atoms with E-state index in [1.807, 2.05) is 31.6 Å². The molecule has 0 bridgehead atoms. The first-order chi connectivity index (χ1) is 9.97. The number of carbonyl (C=O) groups is 2. The molecule has 0 spiro atoms. The monoisotopic (exact) mass is 292 g/mol. The Morgan fingerprint density at radius 1 is 1.38 bits per heavy atom. The van der Waals surface area contributed by atoms with Crippen molar-refractivity contribution in [3.63, 3.8) is 0 Å². The summed E-state index contributed by atoms with van der Waals surface area (Å²) < 4.78 is 1.82. The van der Waals surface area contributed by atoms with Crippen LogP contribution in [0.15, 0.2) is 12.4 Å². The van der Waals surface area contributed by atoms with Crippen molar-refractivity contribution in [2.24, 2.45) is 5.92 Å². The van der Waals surface area contributed by atoms with Gasteiger partial charge in [-0.05, 0) is 19.8 Å². The highest BCUT2D eigenvalue weighted by atomic mass is 16.2. The third-order valence-corrected chi connectivity index (χ3v) is 4.27. The van der Waals surface area contributed by atoms with E-state index in [-0.39, 0.29) is 17.7 Å². The number of amides is 2. The molecule has 21 heavy (non-hydrogen) atoms. The number of aryl methyl sites for hydroxylation is 1. The smallest absolute Gasteiger partial charge is 0.246 e. The Labute approximate surface area is 125 Å². The standard InChI is InChI=1S/C15H24N4O2/c1-5-10(3)13-15(21)19(11(4)14(20)17-13)9-12-7-16-18(6-2)8-12/h7-8,10-11,13H,5-6,9H2,1-4H3,(H,17,20). The van der Waals surface area contributed by atoms with Gasteiger partial charge < -0.3 is 10.2 Å². The van der Waals surface area contributed by atoms with Crippen LogP contribution in [0.5, 0.6) is 0 Å². The second-order valence-electron chi connectivity index (χ2n) is 5.72. The quantitative estimate of drug-likeness (QED) is 0.885. The Morgan fingerprint density at radius 3 is 2.67 bits per heavy atom. The highest BCUT2D eigenvalue weighted by Gasteiger charge is 2.40. The fraction of sp³-hybridized carbons (Fsp3) is 0.667. The van der Waals surface area contributed by atoms with Crippen LogP contribution < -0.4 is 5.32 Å². The number of aromatic nitrogens is 2. The van der Waals surface area contributed by atoms with E-state index in [0.717, 1.165) is 18.5 Å². The zero-order chi connectivity index (χ0) is 15.6.